The third-order valence-electron chi connectivity index (χ3n) is 3.85. The Kier molecular flexibility index (Phi) is 3.98. The normalized spacial score (nSPS) is 16.2. The fraction of sp³-hybridized carbons (Fsp3) is 0.571. The molecule has 0 aromatic carbocycles. The maximum absolute atomic E-state index is 5.15. The summed E-state index contributed by atoms with van der Waals surface area (Å²) in [6.07, 6.45) is 5.63. The molecule has 1 aliphatic heterocycles. The third-order valence-corrected chi connectivity index (χ3v) is 3.85. The van der Waals surface area contributed by atoms with Gasteiger partial charge >= 0.3 is 6.01 Å². The first-order valence-corrected chi connectivity index (χ1v) is 7.21. The lowest BCUT2D eigenvalue weighted by molar-refractivity contribution is 0.339. The van der Waals surface area contributed by atoms with Crippen molar-refractivity contribution < 1.29 is 4.74 Å². The Morgan fingerprint density at radius 2 is 2.10 bits per heavy atom. The van der Waals surface area contributed by atoms with Crippen molar-refractivity contribution in [2.75, 3.05) is 25.1 Å². The van der Waals surface area contributed by atoms with Crippen molar-refractivity contribution in [2.24, 2.45) is 5.92 Å². The SMILES string of the molecule is COc1nc(C)cc(N2CCC(Cn3cncn3)CC2)n1. The van der Waals surface area contributed by atoms with E-state index in [9.17, 15) is 0 Å². The minimum atomic E-state index is 0.440. The number of aryl methyl sites for hydroxylation is 1. The number of hydrogen-bond acceptors (Lipinski definition) is 6. The van der Waals surface area contributed by atoms with Crippen molar-refractivity contribution in [3.63, 3.8) is 0 Å². The number of anilines is 1. The minimum absolute atomic E-state index is 0.440. The molecule has 112 valence electrons. The molecular weight excluding hydrogens is 268 g/mol. The number of methoxy groups -OCH3 is 1. The van der Waals surface area contributed by atoms with Gasteiger partial charge in [-0.3, -0.25) is 4.68 Å². The van der Waals surface area contributed by atoms with Crippen LogP contribution in [0, 0.1) is 12.8 Å². The highest BCUT2D eigenvalue weighted by molar-refractivity contribution is 5.41. The van der Waals surface area contributed by atoms with E-state index in [2.05, 4.69) is 25.0 Å². The number of rotatable bonds is 4. The van der Waals surface area contributed by atoms with Gasteiger partial charge in [-0.05, 0) is 25.7 Å². The summed E-state index contributed by atoms with van der Waals surface area (Å²) in [7, 11) is 1.60. The van der Waals surface area contributed by atoms with Gasteiger partial charge < -0.3 is 9.64 Å². The van der Waals surface area contributed by atoms with Gasteiger partial charge in [-0.15, -0.1) is 0 Å². The molecule has 0 radical (unpaired) electrons. The fourth-order valence-electron chi connectivity index (χ4n) is 2.71. The lowest BCUT2D eigenvalue weighted by atomic mass is 9.97. The molecular formula is C14H20N6O. The second-order valence-corrected chi connectivity index (χ2v) is 5.40. The van der Waals surface area contributed by atoms with Crippen molar-refractivity contribution in [1.29, 1.82) is 0 Å². The molecule has 0 atom stereocenters. The van der Waals surface area contributed by atoms with Crippen LogP contribution >= 0.6 is 0 Å². The summed E-state index contributed by atoms with van der Waals surface area (Å²) in [4.78, 5) is 15.0. The number of ether oxygens (including phenoxy) is 1. The van der Waals surface area contributed by atoms with Crippen LogP contribution in [-0.4, -0.2) is 44.9 Å². The van der Waals surface area contributed by atoms with Crippen LogP contribution in [-0.2, 0) is 6.54 Å². The maximum atomic E-state index is 5.15. The van der Waals surface area contributed by atoms with Gasteiger partial charge in [0.05, 0.1) is 7.11 Å². The summed E-state index contributed by atoms with van der Waals surface area (Å²) in [6.45, 7) is 4.91. The molecule has 2 aromatic rings. The largest absolute Gasteiger partial charge is 0.467 e. The van der Waals surface area contributed by atoms with E-state index >= 15 is 0 Å². The zero-order valence-electron chi connectivity index (χ0n) is 12.4. The Morgan fingerprint density at radius 3 is 2.76 bits per heavy atom. The number of hydrogen-bond donors (Lipinski definition) is 0. The van der Waals surface area contributed by atoms with Gasteiger partial charge in [-0.2, -0.15) is 10.1 Å². The zero-order valence-corrected chi connectivity index (χ0v) is 12.4. The molecule has 1 fully saturated rings. The number of aromatic nitrogens is 5. The van der Waals surface area contributed by atoms with E-state index < -0.39 is 0 Å². The predicted molar refractivity (Wildman–Crippen MR) is 78.3 cm³/mol. The average molecular weight is 288 g/mol. The van der Waals surface area contributed by atoms with Crippen molar-refractivity contribution in [2.45, 2.75) is 26.3 Å². The summed E-state index contributed by atoms with van der Waals surface area (Å²) in [5, 5.41) is 4.18. The van der Waals surface area contributed by atoms with E-state index in [1.807, 2.05) is 17.7 Å². The van der Waals surface area contributed by atoms with Crippen LogP contribution in [0.3, 0.4) is 0 Å². The van der Waals surface area contributed by atoms with Gasteiger partial charge in [-0.1, -0.05) is 0 Å². The molecule has 21 heavy (non-hydrogen) atoms. The molecule has 1 aliphatic rings. The van der Waals surface area contributed by atoms with Crippen LogP contribution in [0.1, 0.15) is 18.5 Å². The molecule has 0 saturated carbocycles. The predicted octanol–water partition coefficient (Wildman–Crippen LogP) is 1.30. The molecule has 7 nitrogen and oxygen atoms in total. The van der Waals surface area contributed by atoms with E-state index in [0.717, 1.165) is 44.0 Å². The van der Waals surface area contributed by atoms with Crippen LogP contribution in [0.2, 0.25) is 0 Å². The highest BCUT2D eigenvalue weighted by atomic mass is 16.5. The molecule has 3 rings (SSSR count). The van der Waals surface area contributed by atoms with Gasteiger partial charge in [0.25, 0.3) is 0 Å². The Labute approximate surface area is 124 Å². The summed E-state index contributed by atoms with van der Waals surface area (Å²) >= 11 is 0. The van der Waals surface area contributed by atoms with Crippen LogP contribution in [0.4, 0.5) is 5.82 Å². The minimum Gasteiger partial charge on any atom is -0.467 e. The second kappa shape index (κ2) is 6.07. The van der Waals surface area contributed by atoms with Gasteiger partial charge in [0.1, 0.15) is 18.5 Å². The summed E-state index contributed by atoms with van der Waals surface area (Å²) in [5.41, 5.74) is 0.932. The lowest BCUT2D eigenvalue weighted by Gasteiger charge is -2.32. The molecule has 0 aliphatic carbocycles. The third kappa shape index (κ3) is 3.29. The fourth-order valence-corrected chi connectivity index (χ4v) is 2.71. The molecule has 0 unspecified atom stereocenters. The van der Waals surface area contributed by atoms with Crippen LogP contribution in [0.15, 0.2) is 18.7 Å². The van der Waals surface area contributed by atoms with Gasteiger partial charge in [-0.25, -0.2) is 9.97 Å². The highest BCUT2D eigenvalue weighted by Crippen LogP contribution is 2.24. The van der Waals surface area contributed by atoms with Crippen LogP contribution in [0.5, 0.6) is 6.01 Å². The number of nitrogens with zero attached hydrogens (tertiary/aromatic N) is 6. The summed E-state index contributed by atoms with van der Waals surface area (Å²) in [5.74, 6) is 1.60. The molecule has 7 heteroatoms. The van der Waals surface area contributed by atoms with E-state index in [1.54, 1.807) is 19.8 Å². The lowest BCUT2D eigenvalue weighted by Crippen LogP contribution is -2.35. The smallest absolute Gasteiger partial charge is 0.318 e. The van der Waals surface area contributed by atoms with E-state index in [-0.39, 0.29) is 0 Å². The first-order chi connectivity index (χ1) is 10.2. The molecule has 0 bridgehead atoms. The standard InChI is InChI=1S/C14H20N6O/c1-11-7-13(18-14(17-11)21-2)19-5-3-12(4-6-19)8-20-10-15-9-16-20/h7,9-10,12H,3-6,8H2,1-2H3. The maximum Gasteiger partial charge on any atom is 0.318 e. The van der Waals surface area contributed by atoms with E-state index in [4.69, 9.17) is 4.74 Å². The molecule has 0 N–H and O–H groups in total. The zero-order chi connectivity index (χ0) is 14.7. The van der Waals surface area contributed by atoms with Gasteiger partial charge in [0.15, 0.2) is 0 Å². The van der Waals surface area contributed by atoms with Crippen molar-refractivity contribution >= 4 is 5.82 Å². The van der Waals surface area contributed by atoms with Gasteiger partial charge in [0, 0.05) is 31.4 Å². The second-order valence-electron chi connectivity index (χ2n) is 5.40. The Bertz CT molecular complexity index is 577. The van der Waals surface area contributed by atoms with E-state index in [0.29, 0.717) is 11.9 Å². The average Bonchev–Trinajstić information content (AvgIpc) is 3.00. The first-order valence-electron chi connectivity index (χ1n) is 7.21. The van der Waals surface area contributed by atoms with Crippen LogP contribution < -0.4 is 9.64 Å². The molecule has 2 aromatic heterocycles. The molecule has 0 amide bonds. The van der Waals surface area contributed by atoms with Crippen LogP contribution in [0.25, 0.3) is 0 Å². The quantitative estimate of drug-likeness (QED) is 0.844. The van der Waals surface area contributed by atoms with Gasteiger partial charge in [0.2, 0.25) is 0 Å². The molecule has 0 spiro atoms. The Hall–Kier alpha value is -2.18. The number of piperidine rings is 1. The van der Waals surface area contributed by atoms with E-state index in [1.165, 1.54) is 0 Å². The molecule has 3 heterocycles. The highest BCUT2D eigenvalue weighted by Gasteiger charge is 2.21. The van der Waals surface area contributed by atoms with Crippen molar-refractivity contribution in [3.05, 3.63) is 24.4 Å². The topological polar surface area (TPSA) is 69.0 Å². The Morgan fingerprint density at radius 1 is 1.29 bits per heavy atom. The molecule has 1 saturated heterocycles. The summed E-state index contributed by atoms with van der Waals surface area (Å²) in [6, 6.07) is 2.45. The summed E-state index contributed by atoms with van der Waals surface area (Å²) < 4.78 is 7.07. The monoisotopic (exact) mass is 288 g/mol. The first kappa shape index (κ1) is 13.8. The van der Waals surface area contributed by atoms with Crippen molar-refractivity contribution in [1.82, 2.24) is 24.7 Å². The Balaban J connectivity index is 1.61. The van der Waals surface area contributed by atoms with Crippen molar-refractivity contribution in [3.8, 4) is 6.01 Å².